The maximum Gasteiger partial charge on any atom is 0.115 e. The Morgan fingerprint density at radius 3 is 1.85 bits per heavy atom. The van der Waals surface area contributed by atoms with Crippen LogP contribution in [-0.4, -0.2) is 5.11 Å². The molecule has 0 saturated heterocycles. The summed E-state index contributed by atoms with van der Waals surface area (Å²) < 4.78 is 0. The number of nitroso groups, excluding NO2 is 1. The summed E-state index contributed by atoms with van der Waals surface area (Å²) in [6, 6.07) is 5.36. The summed E-state index contributed by atoms with van der Waals surface area (Å²) in [5.41, 5.74) is 6.85. The number of nitrogens with one attached hydrogen (secondary N) is 1. The smallest absolute Gasteiger partial charge is 0.115 e. The molecule has 1 aromatic carbocycles. The molecule has 0 aromatic heterocycles. The quantitative estimate of drug-likeness (QED) is 0.606. The average molecular weight is 183 g/mol. The number of hydrogen-bond acceptors (Lipinski definition) is 3. The van der Waals surface area contributed by atoms with E-state index in [1.807, 2.05) is 33.8 Å². The molecule has 2 N–H and O–H groups in total. The van der Waals surface area contributed by atoms with Crippen molar-refractivity contribution < 1.29 is 5.11 Å². The van der Waals surface area contributed by atoms with Crippen LogP contribution in [0, 0.1) is 24.3 Å². The Bertz CT molecular complexity index is 236. The van der Waals surface area contributed by atoms with Crippen LogP contribution in [0.3, 0.4) is 0 Å². The topological polar surface area (TPSA) is 61.1 Å². The highest BCUT2D eigenvalue weighted by Crippen LogP contribution is 2.13. The first kappa shape index (κ1) is 14.2. The Kier molecular flexibility index (Phi) is 9.49. The van der Waals surface area contributed by atoms with Crippen LogP contribution in [0.1, 0.15) is 25.0 Å². The molecule has 0 bridgehead atoms. The lowest BCUT2D eigenvalue weighted by Crippen LogP contribution is -1.76. The molecule has 3 heteroatoms. The maximum atomic E-state index is 8.94. The molecule has 3 nitrogen and oxygen atoms in total. The van der Waals surface area contributed by atoms with Gasteiger partial charge in [-0.3, -0.25) is 0 Å². The highest BCUT2D eigenvalue weighted by Gasteiger charge is 1.90. The summed E-state index contributed by atoms with van der Waals surface area (Å²) in [7, 11) is 0. The molecule has 0 atom stereocenters. The minimum absolute atomic E-state index is 0.345. The van der Waals surface area contributed by atoms with Crippen LogP contribution in [0.25, 0.3) is 0 Å². The minimum atomic E-state index is 0.345. The predicted molar refractivity (Wildman–Crippen MR) is 55.0 cm³/mol. The standard InChI is InChI=1S/C8H10O.C2H6.HNO/c1-6-3-4-8(9)5-7(6)2;2*1-2/h3-5,9H,1-2H3;1-2H3;1H. The number of phenols is 1. The molecule has 0 fully saturated rings. The van der Waals surface area contributed by atoms with Crippen molar-refractivity contribution in [2.45, 2.75) is 27.7 Å². The van der Waals surface area contributed by atoms with Gasteiger partial charge in [0.1, 0.15) is 5.75 Å². The number of rotatable bonds is 0. The molecule has 0 amide bonds. The van der Waals surface area contributed by atoms with Crippen LogP contribution in [0.15, 0.2) is 18.2 Å². The lowest BCUT2D eigenvalue weighted by molar-refractivity contribution is 0.474. The van der Waals surface area contributed by atoms with Gasteiger partial charge in [0.25, 0.3) is 0 Å². The zero-order valence-electron chi connectivity index (χ0n) is 8.59. The number of phenolic OH excluding ortho intramolecular Hbond substituents is 1. The number of aryl methyl sites for hydroxylation is 2. The monoisotopic (exact) mass is 183 g/mol. The Morgan fingerprint density at radius 1 is 1.08 bits per heavy atom. The van der Waals surface area contributed by atoms with E-state index in [-0.39, 0.29) is 0 Å². The second-order valence-electron chi connectivity index (χ2n) is 2.27. The Morgan fingerprint density at radius 2 is 1.54 bits per heavy atom. The molecular weight excluding hydrogens is 166 g/mol. The van der Waals surface area contributed by atoms with Crippen LogP contribution >= 0.6 is 0 Å². The molecule has 0 saturated carbocycles. The molecular formula is C10H17NO2. The van der Waals surface area contributed by atoms with Gasteiger partial charge in [-0.2, -0.15) is 4.91 Å². The molecule has 0 aliphatic carbocycles. The lowest BCUT2D eigenvalue weighted by atomic mass is 10.1. The van der Waals surface area contributed by atoms with Crippen molar-refractivity contribution in [3.8, 4) is 5.75 Å². The SMILES string of the molecule is CC.Cc1ccc(O)cc1C.N=O. The first-order valence-corrected chi connectivity index (χ1v) is 4.17. The van der Waals surface area contributed by atoms with E-state index >= 15 is 0 Å². The van der Waals surface area contributed by atoms with Crippen LogP contribution in [0.5, 0.6) is 5.75 Å². The third kappa shape index (κ3) is 5.84. The van der Waals surface area contributed by atoms with Gasteiger partial charge in [-0.25, -0.2) is 0 Å². The van der Waals surface area contributed by atoms with Gasteiger partial charge in [0.2, 0.25) is 0 Å². The van der Waals surface area contributed by atoms with E-state index in [2.05, 4.69) is 5.59 Å². The molecule has 0 unspecified atom stereocenters. The summed E-state index contributed by atoms with van der Waals surface area (Å²) >= 11 is 0. The Hall–Kier alpha value is -1.38. The van der Waals surface area contributed by atoms with Crippen molar-refractivity contribution in [2.24, 2.45) is 0 Å². The van der Waals surface area contributed by atoms with Crippen molar-refractivity contribution in [1.82, 2.24) is 0 Å². The van der Waals surface area contributed by atoms with E-state index in [0.717, 1.165) is 5.56 Å². The third-order valence-electron chi connectivity index (χ3n) is 1.49. The summed E-state index contributed by atoms with van der Waals surface area (Å²) in [6.45, 7) is 8.00. The van der Waals surface area contributed by atoms with Gasteiger partial charge in [-0.15, -0.1) is 0 Å². The van der Waals surface area contributed by atoms with E-state index in [0.29, 0.717) is 5.75 Å². The molecule has 74 valence electrons. The molecule has 1 rings (SSSR count). The van der Waals surface area contributed by atoms with E-state index < -0.39 is 0 Å². The van der Waals surface area contributed by atoms with Crippen molar-refractivity contribution in [1.29, 1.82) is 5.59 Å². The number of benzene rings is 1. The van der Waals surface area contributed by atoms with Crippen molar-refractivity contribution in [3.63, 3.8) is 0 Å². The fourth-order valence-electron chi connectivity index (χ4n) is 0.726. The van der Waals surface area contributed by atoms with Gasteiger partial charge in [-0.1, -0.05) is 25.5 Å². The maximum absolute atomic E-state index is 8.94. The van der Waals surface area contributed by atoms with Crippen LogP contribution in [0.2, 0.25) is 0 Å². The summed E-state index contributed by atoms with van der Waals surface area (Å²) in [5, 5.41) is 8.94. The Balaban J connectivity index is 0. The van der Waals surface area contributed by atoms with E-state index in [1.165, 1.54) is 5.56 Å². The third-order valence-corrected chi connectivity index (χ3v) is 1.49. The highest BCUT2D eigenvalue weighted by molar-refractivity contribution is 5.32. The average Bonchev–Trinajstić information content (AvgIpc) is 2.18. The van der Waals surface area contributed by atoms with Crippen LogP contribution in [0.4, 0.5) is 0 Å². The van der Waals surface area contributed by atoms with Gasteiger partial charge in [-0.05, 0) is 37.1 Å². The fraction of sp³-hybridized carbons (Fsp3) is 0.400. The minimum Gasteiger partial charge on any atom is -0.508 e. The molecule has 0 aliphatic heterocycles. The van der Waals surface area contributed by atoms with Crippen molar-refractivity contribution in [3.05, 3.63) is 34.2 Å². The van der Waals surface area contributed by atoms with E-state index in [9.17, 15) is 0 Å². The van der Waals surface area contributed by atoms with E-state index in [4.69, 9.17) is 10.0 Å². The van der Waals surface area contributed by atoms with Crippen molar-refractivity contribution >= 4 is 0 Å². The molecule has 0 aliphatic rings. The van der Waals surface area contributed by atoms with Crippen molar-refractivity contribution in [2.75, 3.05) is 0 Å². The summed E-state index contributed by atoms with van der Waals surface area (Å²) in [5.74, 6) is 0.345. The molecule has 13 heavy (non-hydrogen) atoms. The second-order valence-corrected chi connectivity index (χ2v) is 2.27. The van der Waals surface area contributed by atoms with Gasteiger partial charge in [0.15, 0.2) is 0 Å². The summed E-state index contributed by atoms with van der Waals surface area (Å²) in [4.78, 5) is 7.50. The summed E-state index contributed by atoms with van der Waals surface area (Å²) in [6.07, 6.45) is 0. The molecule has 0 radical (unpaired) electrons. The normalized spacial score (nSPS) is 7.38. The Labute approximate surface area is 79.2 Å². The first-order valence-electron chi connectivity index (χ1n) is 4.17. The predicted octanol–water partition coefficient (Wildman–Crippen LogP) is 3.37. The molecule has 0 spiro atoms. The van der Waals surface area contributed by atoms with E-state index in [1.54, 1.807) is 12.1 Å². The lowest BCUT2D eigenvalue weighted by Gasteiger charge is -1.97. The van der Waals surface area contributed by atoms with Gasteiger partial charge >= 0.3 is 0 Å². The molecule has 0 heterocycles. The van der Waals surface area contributed by atoms with Gasteiger partial charge in [0.05, 0.1) is 0 Å². The largest absolute Gasteiger partial charge is 0.508 e. The molecule has 1 aromatic rings. The number of hydrogen-bond donors (Lipinski definition) is 2. The fourth-order valence-corrected chi connectivity index (χ4v) is 0.726. The first-order chi connectivity index (χ1) is 6.20. The van der Waals surface area contributed by atoms with Gasteiger partial charge < -0.3 is 5.11 Å². The van der Waals surface area contributed by atoms with Crippen LogP contribution in [-0.2, 0) is 0 Å². The zero-order valence-corrected chi connectivity index (χ0v) is 8.59. The highest BCUT2D eigenvalue weighted by atomic mass is 16.3. The van der Waals surface area contributed by atoms with Crippen LogP contribution < -0.4 is 0 Å². The van der Waals surface area contributed by atoms with Gasteiger partial charge in [0, 0.05) is 0 Å². The second kappa shape index (κ2) is 8.71. The zero-order chi connectivity index (χ0) is 10.9. The number of aromatic hydroxyl groups is 1.